The Balaban J connectivity index is 1.45. The van der Waals surface area contributed by atoms with E-state index in [4.69, 9.17) is 0 Å². The summed E-state index contributed by atoms with van der Waals surface area (Å²) in [4.78, 5) is 18.3. The summed E-state index contributed by atoms with van der Waals surface area (Å²) in [7, 11) is 0. The van der Waals surface area contributed by atoms with Crippen LogP contribution in [0.25, 0.3) is 5.69 Å². The quantitative estimate of drug-likeness (QED) is 0.904. The summed E-state index contributed by atoms with van der Waals surface area (Å²) in [5, 5.41) is 11.4. The largest absolute Gasteiger partial charge is 0.323 e. The normalized spacial score (nSPS) is 23.5. The molecule has 22 heavy (non-hydrogen) atoms. The highest BCUT2D eigenvalue weighted by Gasteiger charge is 2.35. The van der Waals surface area contributed by atoms with Crippen molar-refractivity contribution < 1.29 is 4.79 Å². The SMILES string of the molecule is O=C(Nc1cnn(-c2ccccc2)n1)N1CCN2CCC1C2. The van der Waals surface area contributed by atoms with Crippen LogP contribution in [0.2, 0.25) is 0 Å². The average molecular weight is 298 g/mol. The van der Waals surface area contributed by atoms with Gasteiger partial charge in [0.2, 0.25) is 0 Å². The molecule has 1 aromatic carbocycles. The number of anilines is 1. The fourth-order valence-electron chi connectivity index (χ4n) is 3.16. The number of benzene rings is 1. The Morgan fingerprint density at radius 3 is 2.91 bits per heavy atom. The zero-order chi connectivity index (χ0) is 14.9. The van der Waals surface area contributed by atoms with Crippen molar-refractivity contribution in [1.29, 1.82) is 0 Å². The smallest absolute Gasteiger partial charge is 0.319 e. The van der Waals surface area contributed by atoms with E-state index < -0.39 is 0 Å². The number of rotatable bonds is 2. The van der Waals surface area contributed by atoms with Gasteiger partial charge in [-0.2, -0.15) is 5.10 Å². The van der Waals surface area contributed by atoms with Crippen LogP contribution in [0.1, 0.15) is 6.42 Å². The number of nitrogens with one attached hydrogen (secondary N) is 1. The van der Waals surface area contributed by atoms with Crippen molar-refractivity contribution in [3.05, 3.63) is 36.5 Å². The number of aromatic nitrogens is 3. The molecule has 3 heterocycles. The summed E-state index contributed by atoms with van der Waals surface area (Å²) in [6, 6.07) is 9.89. The molecule has 114 valence electrons. The molecule has 2 atom stereocenters. The first-order valence-corrected chi connectivity index (χ1v) is 7.57. The highest BCUT2D eigenvalue weighted by Crippen LogP contribution is 2.21. The minimum absolute atomic E-state index is 0.0772. The van der Waals surface area contributed by atoms with Gasteiger partial charge in [-0.05, 0) is 18.6 Å². The van der Waals surface area contributed by atoms with E-state index in [0.717, 1.165) is 38.3 Å². The zero-order valence-electron chi connectivity index (χ0n) is 12.2. The van der Waals surface area contributed by atoms with Crippen LogP contribution >= 0.6 is 0 Å². The van der Waals surface area contributed by atoms with Crippen molar-refractivity contribution in [3.63, 3.8) is 0 Å². The second-order valence-electron chi connectivity index (χ2n) is 5.72. The van der Waals surface area contributed by atoms with E-state index in [0.29, 0.717) is 11.9 Å². The average Bonchev–Trinajstić information content (AvgIpc) is 3.16. The van der Waals surface area contributed by atoms with E-state index in [1.807, 2.05) is 35.2 Å². The number of para-hydroxylation sites is 1. The molecule has 7 heteroatoms. The van der Waals surface area contributed by atoms with Crippen LogP contribution in [-0.2, 0) is 0 Å². The van der Waals surface area contributed by atoms with Gasteiger partial charge in [-0.15, -0.1) is 9.90 Å². The number of carbonyl (C=O) groups is 1. The Kier molecular flexibility index (Phi) is 3.27. The van der Waals surface area contributed by atoms with Gasteiger partial charge in [0.1, 0.15) is 0 Å². The zero-order valence-corrected chi connectivity index (χ0v) is 12.2. The van der Waals surface area contributed by atoms with Crippen molar-refractivity contribution in [3.8, 4) is 5.69 Å². The Hall–Kier alpha value is -2.41. The van der Waals surface area contributed by atoms with Gasteiger partial charge >= 0.3 is 6.03 Å². The van der Waals surface area contributed by atoms with Crippen LogP contribution in [-0.4, -0.2) is 63.0 Å². The van der Waals surface area contributed by atoms with Crippen molar-refractivity contribution in [2.45, 2.75) is 12.5 Å². The number of carbonyl (C=O) groups excluding carboxylic acids is 1. The standard InChI is InChI=1S/C15H18N6O/c22-15(20-9-8-19-7-6-13(20)11-19)17-14-10-16-21(18-14)12-4-2-1-3-5-12/h1-5,10,13H,6-9,11H2,(H,17,18,22). The van der Waals surface area contributed by atoms with Gasteiger partial charge in [0.05, 0.1) is 11.9 Å². The topological polar surface area (TPSA) is 66.3 Å². The third-order valence-corrected chi connectivity index (χ3v) is 4.32. The molecule has 2 aromatic rings. The lowest BCUT2D eigenvalue weighted by Gasteiger charge is -2.33. The summed E-state index contributed by atoms with van der Waals surface area (Å²) in [6.07, 6.45) is 2.64. The number of hydrogen-bond acceptors (Lipinski definition) is 4. The first-order chi connectivity index (χ1) is 10.8. The molecule has 2 aliphatic heterocycles. The van der Waals surface area contributed by atoms with Crippen LogP contribution in [0, 0.1) is 0 Å². The molecule has 7 nitrogen and oxygen atoms in total. The van der Waals surface area contributed by atoms with Crippen molar-refractivity contribution in [1.82, 2.24) is 24.8 Å². The minimum Gasteiger partial charge on any atom is -0.319 e. The van der Waals surface area contributed by atoms with E-state index in [1.54, 1.807) is 6.20 Å². The van der Waals surface area contributed by atoms with Gasteiger partial charge < -0.3 is 4.90 Å². The van der Waals surface area contributed by atoms with Gasteiger partial charge in [0, 0.05) is 32.2 Å². The maximum Gasteiger partial charge on any atom is 0.323 e. The number of fused-ring (bicyclic) bond motifs is 2. The highest BCUT2D eigenvalue weighted by molar-refractivity contribution is 5.88. The maximum absolute atomic E-state index is 12.4. The lowest BCUT2D eigenvalue weighted by Crippen LogP contribution is -2.51. The van der Waals surface area contributed by atoms with Crippen LogP contribution in [0.3, 0.4) is 0 Å². The predicted octanol–water partition coefficient (Wildman–Crippen LogP) is 1.19. The van der Waals surface area contributed by atoms with Crippen LogP contribution in [0.5, 0.6) is 0 Å². The second-order valence-corrected chi connectivity index (χ2v) is 5.72. The Morgan fingerprint density at radius 1 is 1.18 bits per heavy atom. The fraction of sp³-hybridized carbons (Fsp3) is 0.400. The molecule has 0 spiro atoms. The summed E-state index contributed by atoms with van der Waals surface area (Å²) >= 11 is 0. The molecule has 0 radical (unpaired) electrons. The molecule has 1 aromatic heterocycles. The first kappa shape index (κ1) is 13.3. The maximum atomic E-state index is 12.4. The predicted molar refractivity (Wildman–Crippen MR) is 81.9 cm³/mol. The molecule has 2 bridgehead atoms. The van der Waals surface area contributed by atoms with Crippen LogP contribution in [0.15, 0.2) is 36.5 Å². The summed E-state index contributed by atoms with van der Waals surface area (Å²) in [6.45, 7) is 3.83. The molecule has 2 fully saturated rings. The fourth-order valence-corrected chi connectivity index (χ4v) is 3.16. The molecule has 2 unspecified atom stereocenters. The molecule has 4 rings (SSSR count). The van der Waals surface area contributed by atoms with E-state index in [2.05, 4.69) is 20.4 Å². The molecular formula is C15H18N6O. The van der Waals surface area contributed by atoms with E-state index >= 15 is 0 Å². The Bertz CT molecular complexity index is 670. The summed E-state index contributed by atoms with van der Waals surface area (Å²) in [5.74, 6) is 0.481. The number of piperazine rings is 1. The molecule has 0 aliphatic carbocycles. The summed E-state index contributed by atoms with van der Waals surface area (Å²) in [5.41, 5.74) is 0.868. The van der Waals surface area contributed by atoms with E-state index in [-0.39, 0.29) is 6.03 Å². The Labute approximate surface area is 128 Å². The number of nitrogens with zero attached hydrogens (tertiary/aromatic N) is 5. The van der Waals surface area contributed by atoms with Crippen molar-refractivity contribution in [2.24, 2.45) is 0 Å². The molecule has 0 saturated carbocycles. The van der Waals surface area contributed by atoms with E-state index in [1.165, 1.54) is 4.80 Å². The minimum atomic E-state index is -0.0772. The molecule has 2 aliphatic rings. The molecule has 1 N–H and O–H groups in total. The highest BCUT2D eigenvalue weighted by atomic mass is 16.2. The van der Waals surface area contributed by atoms with Crippen LogP contribution in [0.4, 0.5) is 10.6 Å². The molecular weight excluding hydrogens is 280 g/mol. The van der Waals surface area contributed by atoms with Crippen molar-refractivity contribution in [2.75, 3.05) is 31.5 Å². The Morgan fingerprint density at radius 2 is 2.05 bits per heavy atom. The number of amides is 2. The number of urea groups is 1. The molecule has 2 saturated heterocycles. The van der Waals surface area contributed by atoms with Gasteiger partial charge in [0.25, 0.3) is 0 Å². The van der Waals surface area contributed by atoms with E-state index in [9.17, 15) is 4.79 Å². The lowest BCUT2D eigenvalue weighted by atomic mass is 10.2. The monoisotopic (exact) mass is 298 g/mol. The first-order valence-electron chi connectivity index (χ1n) is 7.57. The lowest BCUT2D eigenvalue weighted by molar-refractivity contribution is 0.153. The van der Waals surface area contributed by atoms with Gasteiger partial charge in [0.15, 0.2) is 5.82 Å². The van der Waals surface area contributed by atoms with Crippen molar-refractivity contribution >= 4 is 11.8 Å². The van der Waals surface area contributed by atoms with Gasteiger partial charge in [-0.25, -0.2) is 4.79 Å². The number of hydrogen-bond donors (Lipinski definition) is 1. The van der Waals surface area contributed by atoms with Gasteiger partial charge in [-0.3, -0.25) is 10.2 Å². The third kappa shape index (κ3) is 2.43. The second kappa shape index (κ2) is 5.42. The third-order valence-electron chi connectivity index (χ3n) is 4.32. The van der Waals surface area contributed by atoms with Crippen LogP contribution < -0.4 is 5.32 Å². The molecule has 2 amide bonds. The summed E-state index contributed by atoms with van der Waals surface area (Å²) < 4.78 is 0. The van der Waals surface area contributed by atoms with Gasteiger partial charge in [-0.1, -0.05) is 18.2 Å².